The summed E-state index contributed by atoms with van der Waals surface area (Å²) in [5.74, 6) is -0.0895. The first-order valence-corrected chi connectivity index (χ1v) is 9.12. The van der Waals surface area contributed by atoms with E-state index in [9.17, 15) is 18.0 Å². The number of carbonyl (C=O) groups excluding carboxylic acids is 1. The van der Waals surface area contributed by atoms with Crippen LogP contribution in [0.25, 0.3) is 0 Å². The van der Waals surface area contributed by atoms with Crippen LogP contribution >= 0.6 is 11.6 Å². The Morgan fingerprint density at radius 3 is 2.41 bits per heavy atom. The molecule has 2 aromatic rings. The lowest BCUT2D eigenvalue weighted by molar-refractivity contribution is -0.137. The number of amides is 1. The maximum atomic E-state index is 13.2. The van der Waals surface area contributed by atoms with Gasteiger partial charge >= 0.3 is 6.18 Å². The molecule has 2 unspecified atom stereocenters. The molecule has 0 aliphatic heterocycles. The van der Waals surface area contributed by atoms with E-state index in [4.69, 9.17) is 11.6 Å². The molecular weight excluding hydrogens is 377 g/mol. The molecule has 0 radical (unpaired) electrons. The van der Waals surface area contributed by atoms with Crippen LogP contribution in [0.3, 0.4) is 0 Å². The molecular formula is C20H20ClF3N2O. The first kappa shape index (κ1) is 19.7. The van der Waals surface area contributed by atoms with Crippen molar-refractivity contribution in [2.24, 2.45) is 5.92 Å². The summed E-state index contributed by atoms with van der Waals surface area (Å²) in [5.41, 5.74) is -0.187. The Hall–Kier alpha value is -2.05. The van der Waals surface area contributed by atoms with E-state index in [0.717, 1.165) is 24.5 Å². The number of alkyl halides is 3. The molecule has 0 heterocycles. The maximum Gasteiger partial charge on any atom is 0.418 e. The van der Waals surface area contributed by atoms with Gasteiger partial charge in [0.2, 0.25) is 5.91 Å². The van der Waals surface area contributed by atoms with Crippen molar-refractivity contribution >= 4 is 23.2 Å². The van der Waals surface area contributed by atoms with Crippen LogP contribution in [0.5, 0.6) is 0 Å². The third-order valence-corrected chi connectivity index (χ3v) is 4.85. The second kappa shape index (κ2) is 7.90. The average molecular weight is 397 g/mol. The van der Waals surface area contributed by atoms with Gasteiger partial charge in [-0.25, -0.2) is 0 Å². The van der Waals surface area contributed by atoms with Crippen LogP contribution in [0.2, 0.25) is 5.02 Å². The summed E-state index contributed by atoms with van der Waals surface area (Å²) in [6.45, 7) is 1.65. The van der Waals surface area contributed by atoms with Gasteiger partial charge in [0.05, 0.1) is 17.3 Å². The van der Waals surface area contributed by atoms with E-state index in [-0.39, 0.29) is 16.8 Å². The van der Waals surface area contributed by atoms with E-state index in [1.807, 2.05) is 30.3 Å². The number of hydrogen-bond acceptors (Lipinski definition) is 2. The molecule has 1 aliphatic rings. The number of nitrogens with one attached hydrogen (secondary N) is 2. The van der Waals surface area contributed by atoms with Gasteiger partial charge < -0.3 is 5.32 Å². The largest absolute Gasteiger partial charge is 0.418 e. The summed E-state index contributed by atoms with van der Waals surface area (Å²) < 4.78 is 39.6. The minimum absolute atomic E-state index is 0.000690. The average Bonchev–Trinajstić information content (AvgIpc) is 3.45. The van der Waals surface area contributed by atoms with Gasteiger partial charge in [0, 0.05) is 11.1 Å². The minimum Gasteiger partial charge on any atom is -0.324 e. The van der Waals surface area contributed by atoms with Crippen LogP contribution in [0.1, 0.15) is 36.9 Å². The van der Waals surface area contributed by atoms with Crippen molar-refractivity contribution in [3.63, 3.8) is 0 Å². The zero-order chi connectivity index (χ0) is 19.6. The zero-order valence-corrected chi connectivity index (χ0v) is 15.4. The Balaban J connectivity index is 1.73. The first-order valence-electron chi connectivity index (χ1n) is 8.74. The van der Waals surface area contributed by atoms with Gasteiger partial charge in [-0.2, -0.15) is 13.2 Å². The van der Waals surface area contributed by atoms with Gasteiger partial charge in [-0.3, -0.25) is 10.1 Å². The number of anilines is 1. The summed E-state index contributed by atoms with van der Waals surface area (Å²) in [6.07, 6.45) is -2.47. The van der Waals surface area contributed by atoms with Crippen LogP contribution in [0, 0.1) is 5.92 Å². The molecule has 3 rings (SSSR count). The summed E-state index contributed by atoms with van der Waals surface area (Å²) in [5, 5.41) is 5.61. The van der Waals surface area contributed by atoms with E-state index in [2.05, 4.69) is 10.6 Å². The molecule has 2 atom stereocenters. The highest BCUT2D eigenvalue weighted by Crippen LogP contribution is 2.41. The van der Waals surface area contributed by atoms with Gasteiger partial charge in [-0.1, -0.05) is 41.9 Å². The molecule has 144 valence electrons. The van der Waals surface area contributed by atoms with Gasteiger partial charge in [-0.15, -0.1) is 0 Å². The van der Waals surface area contributed by atoms with E-state index < -0.39 is 23.7 Å². The van der Waals surface area contributed by atoms with Crippen molar-refractivity contribution in [3.05, 3.63) is 64.7 Å². The molecule has 7 heteroatoms. The molecule has 2 N–H and O–H groups in total. The summed E-state index contributed by atoms with van der Waals surface area (Å²) >= 11 is 5.68. The van der Waals surface area contributed by atoms with E-state index in [1.54, 1.807) is 6.92 Å². The molecule has 0 bridgehead atoms. The smallest absolute Gasteiger partial charge is 0.324 e. The predicted molar refractivity (Wildman–Crippen MR) is 99.6 cm³/mol. The lowest BCUT2D eigenvalue weighted by atomic mass is 10.0. The third-order valence-electron chi connectivity index (χ3n) is 4.62. The highest BCUT2D eigenvalue weighted by Gasteiger charge is 2.36. The van der Waals surface area contributed by atoms with E-state index in [1.165, 1.54) is 12.1 Å². The van der Waals surface area contributed by atoms with Crippen molar-refractivity contribution < 1.29 is 18.0 Å². The topological polar surface area (TPSA) is 41.1 Å². The highest BCUT2D eigenvalue weighted by atomic mass is 35.5. The number of benzene rings is 2. The molecule has 27 heavy (non-hydrogen) atoms. The second-order valence-electron chi connectivity index (χ2n) is 6.79. The molecule has 2 aromatic carbocycles. The van der Waals surface area contributed by atoms with Crippen molar-refractivity contribution in [2.45, 2.75) is 38.0 Å². The number of rotatable bonds is 6. The molecule has 0 saturated heterocycles. The van der Waals surface area contributed by atoms with Gasteiger partial charge in [-0.05, 0) is 49.4 Å². The lowest BCUT2D eigenvalue weighted by Crippen LogP contribution is -2.41. The van der Waals surface area contributed by atoms with E-state index >= 15 is 0 Å². The zero-order valence-electron chi connectivity index (χ0n) is 14.7. The van der Waals surface area contributed by atoms with Crippen molar-refractivity contribution in [2.75, 3.05) is 5.32 Å². The van der Waals surface area contributed by atoms with Crippen LogP contribution in [-0.2, 0) is 11.0 Å². The van der Waals surface area contributed by atoms with E-state index in [0.29, 0.717) is 5.92 Å². The van der Waals surface area contributed by atoms with Gasteiger partial charge in [0.15, 0.2) is 0 Å². The lowest BCUT2D eigenvalue weighted by Gasteiger charge is -2.24. The molecule has 0 aromatic heterocycles. The molecule has 0 spiro atoms. The molecule has 1 amide bonds. The molecule has 1 saturated carbocycles. The summed E-state index contributed by atoms with van der Waals surface area (Å²) in [6, 6.07) is 12.4. The van der Waals surface area contributed by atoms with Crippen molar-refractivity contribution in [3.8, 4) is 0 Å². The van der Waals surface area contributed by atoms with Gasteiger partial charge in [0.1, 0.15) is 0 Å². The van der Waals surface area contributed by atoms with Crippen LogP contribution in [0.15, 0.2) is 48.5 Å². The Labute approximate surface area is 160 Å². The normalized spacial score (nSPS) is 16.6. The fraction of sp³-hybridized carbons (Fsp3) is 0.350. The second-order valence-corrected chi connectivity index (χ2v) is 7.23. The SMILES string of the molecule is CC(NC(c1ccccc1)C1CC1)C(=O)Nc1ccc(Cl)cc1C(F)(F)F. The number of halogens is 4. The fourth-order valence-corrected chi connectivity index (χ4v) is 3.21. The fourth-order valence-electron chi connectivity index (χ4n) is 3.04. The Morgan fingerprint density at radius 2 is 1.81 bits per heavy atom. The molecule has 1 fully saturated rings. The third kappa shape index (κ3) is 5.02. The molecule has 3 nitrogen and oxygen atoms in total. The monoisotopic (exact) mass is 396 g/mol. The van der Waals surface area contributed by atoms with Gasteiger partial charge in [0.25, 0.3) is 0 Å². The standard InChI is InChI=1S/C20H20ClF3N2O/c1-12(25-18(14-7-8-14)13-5-3-2-4-6-13)19(27)26-17-10-9-15(21)11-16(17)20(22,23)24/h2-6,9-12,14,18,25H,7-8H2,1H3,(H,26,27). The Morgan fingerprint density at radius 1 is 1.15 bits per heavy atom. The van der Waals surface area contributed by atoms with Crippen molar-refractivity contribution in [1.82, 2.24) is 5.32 Å². The van der Waals surface area contributed by atoms with Crippen LogP contribution in [-0.4, -0.2) is 11.9 Å². The summed E-state index contributed by atoms with van der Waals surface area (Å²) in [4.78, 5) is 12.5. The van der Waals surface area contributed by atoms with Crippen molar-refractivity contribution in [1.29, 1.82) is 0 Å². The summed E-state index contributed by atoms with van der Waals surface area (Å²) in [7, 11) is 0. The van der Waals surface area contributed by atoms with Crippen LogP contribution < -0.4 is 10.6 Å². The number of hydrogen-bond donors (Lipinski definition) is 2. The maximum absolute atomic E-state index is 13.2. The predicted octanol–water partition coefficient (Wildman–Crippen LogP) is 5.43. The quantitative estimate of drug-likeness (QED) is 0.683. The molecule has 1 aliphatic carbocycles. The minimum atomic E-state index is -4.61. The van der Waals surface area contributed by atoms with Crippen LogP contribution in [0.4, 0.5) is 18.9 Å². The number of carbonyl (C=O) groups is 1. The first-order chi connectivity index (χ1) is 12.8. The highest BCUT2D eigenvalue weighted by molar-refractivity contribution is 6.30. The Bertz CT molecular complexity index is 807. The Kier molecular flexibility index (Phi) is 5.77.